The third kappa shape index (κ3) is 12.9. The Morgan fingerprint density at radius 3 is 1.70 bits per heavy atom. The number of imidazole rings is 2. The number of rotatable bonds is 19. The summed E-state index contributed by atoms with van der Waals surface area (Å²) in [6.07, 6.45) is 6.62. The molecule has 4 atom stereocenters. The van der Waals surface area contributed by atoms with Gasteiger partial charge in [-0.25, -0.2) is 14.8 Å². The quantitative estimate of drug-likeness (QED) is 0.0414. The predicted octanol–water partition coefficient (Wildman–Crippen LogP) is -4.11. The van der Waals surface area contributed by atoms with Crippen LogP contribution in [-0.2, 0) is 32.0 Å². The highest BCUT2D eigenvalue weighted by Gasteiger charge is 2.31. The number of carbonyl (C=O) groups excluding carboxylic acids is 3. The van der Waals surface area contributed by atoms with Gasteiger partial charge in [0, 0.05) is 49.7 Å². The van der Waals surface area contributed by atoms with Crippen molar-refractivity contribution in [2.75, 3.05) is 13.1 Å². The van der Waals surface area contributed by atoms with Crippen molar-refractivity contribution in [3.05, 3.63) is 36.4 Å². The van der Waals surface area contributed by atoms with Crippen molar-refractivity contribution in [2.45, 2.75) is 62.7 Å². The van der Waals surface area contributed by atoms with E-state index in [4.69, 9.17) is 28.7 Å². The lowest BCUT2D eigenvalue weighted by molar-refractivity contribution is -0.142. The van der Waals surface area contributed by atoms with Crippen LogP contribution in [0.25, 0.3) is 0 Å². The Hall–Kier alpha value is -5.20. The summed E-state index contributed by atoms with van der Waals surface area (Å²) in [7, 11) is 0. The summed E-state index contributed by atoms with van der Waals surface area (Å²) in [6, 6.07) is -4.64. The van der Waals surface area contributed by atoms with Crippen LogP contribution in [0.15, 0.2) is 35.0 Å². The minimum Gasteiger partial charge on any atom is -0.480 e. The lowest BCUT2D eigenvalue weighted by Crippen LogP contribution is -2.57. The lowest BCUT2D eigenvalue weighted by atomic mass is 10.1. The Balaban J connectivity index is 2.17. The number of aliphatic carboxylic acids is 1. The van der Waals surface area contributed by atoms with Gasteiger partial charge in [0.15, 0.2) is 11.9 Å². The molecule has 0 fully saturated rings. The SMILES string of the molecule is NC(N)=NCCCC(N)C(=O)NC(Cc1cnc[nH]1)C(=O)NC(CCCN=C(N)N)C(=O)NC(Cc1cnc[nH]1)C(=O)O. The number of H-pyrrole nitrogens is 2. The number of carboxylic acid groups (broad SMARTS) is 1. The molecule has 0 saturated carbocycles. The maximum atomic E-state index is 13.5. The minimum absolute atomic E-state index is 0.00178. The Kier molecular flexibility index (Phi) is 13.9. The van der Waals surface area contributed by atoms with Gasteiger partial charge >= 0.3 is 5.97 Å². The number of amides is 3. The molecule has 43 heavy (non-hydrogen) atoms. The second kappa shape index (κ2) is 17.6. The normalized spacial score (nSPS) is 13.5. The zero-order valence-corrected chi connectivity index (χ0v) is 23.5. The number of carboxylic acids is 1. The third-order valence-corrected chi connectivity index (χ3v) is 6.09. The summed E-state index contributed by atoms with van der Waals surface area (Å²) in [5, 5.41) is 17.4. The average Bonchev–Trinajstić information content (AvgIpc) is 3.66. The lowest BCUT2D eigenvalue weighted by Gasteiger charge is -2.25. The van der Waals surface area contributed by atoms with Gasteiger partial charge in [0.05, 0.1) is 18.7 Å². The van der Waals surface area contributed by atoms with E-state index in [1.54, 1.807) is 0 Å². The fourth-order valence-corrected chi connectivity index (χ4v) is 3.89. The van der Waals surface area contributed by atoms with E-state index in [1.807, 2.05) is 0 Å². The van der Waals surface area contributed by atoms with Gasteiger partial charge in [0.25, 0.3) is 0 Å². The van der Waals surface area contributed by atoms with Crippen LogP contribution in [0.2, 0.25) is 0 Å². The molecule has 0 bridgehead atoms. The number of guanidine groups is 2. The van der Waals surface area contributed by atoms with Crippen LogP contribution < -0.4 is 44.6 Å². The van der Waals surface area contributed by atoms with Crippen molar-refractivity contribution in [2.24, 2.45) is 38.7 Å². The fourth-order valence-electron chi connectivity index (χ4n) is 3.89. The molecule has 0 radical (unpaired) electrons. The number of nitrogens with two attached hydrogens (primary N) is 5. The maximum Gasteiger partial charge on any atom is 0.326 e. The molecule has 2 aromatic rings. The third-order valence-electron chi connectivity index (χ3n) is 6.09. The number of hydrogen-bond donors (Lipinski definition) is 11. The van der Waals surface area contributed by atoms with Crippen LogP contribution in [-0.4, -0.2) is 97.9 Å². The zero-order valence-electron chi connectivity index (χ0n) is 23.5. The van der Waals surface area contributed by atoms with E-state index < -0.39 is 47.9 Å². The first-order chi connectivity index (χ1) is 20.5. The maximum absolute atomic E-state index is 13.5. The molecule has 0 aromatic carbocycles. The average molecular weight is 605 g/mol. The van der Waals surface area contributed by atoms with Gasteiger partial charge in [-0.15, -0.1) is 0 Å². The largest absolute Gasteiger partial charge is 0.480 e. The van der Waals surface area contributed by atoms with Crippen molar-refractivity contribution in [1.29, 1.82) is 0 Å². The molecule has 19 nitrogen and oxygen atoms in total. The Morgan fingerprint density at radius 1 is 0.744 bits per heavy atom. The second-order valence-corrected chi connectivity index (χ2v) is 9.59. The van der Waals surface area contributed by atoms with Gasteiger partial charge in [-0.1, -0.05) is 0 Å². The molecule has 0 saturated heterocycles. The smallest absolute Gasteiger partial charge is 0.326 e. The van der Waals surface area contributed by atoms with Crippen LogP contribution in [0.5, 0.6) is 0 Å². The highest BCUT2D eigenvalue weighted by molar-refractivity contribution is 5.94. The van der Waals surface area contributed by atoms with Crippen LogP contribution in [0, 0.1) is 0 Å². The van der Waals surface area contributed by atoms with E-state index in [1.165, 1.54) is 25.0 Å². The number of nitrogens with zero attached hydrogens (tertiary/aromatic N) is 4. The van der Waals surface area contributed by atoms with Crippen LogP contribution >= 0.6 is 0 Å². The molecule has 4 unspecified atom stereocenters. The molecular weight excluding hydrogens is 564 g/mol. The van der Waals surface area contributed by atoms with Crippen molar-refractivity contribution in [3.63, 3.8) is 0 Å². The summed E-state index contributed by atoms with van der Waals surface area (Å²) in [5.74, 6) is -3.59. The number of nitrogens with one attached hydrogen (secondary N) is 5. The van der Waals surface area contributed by atoms with Crippen molar-refractivity contribution in [1.82, 2.24) is 35.9 Å². The highest BCUT2D eigenvalue weighted by Crippen LogP contribution is 2.06. The fraction of sp³-hybridized carbons (Fsp3) is 0.500. The topological polar surface area (TPSA) is 337 Å². The molecule has 236 valence electrons. The molecule has 0 aliphatic heterocycles. The number of aromatic amines is 2. The standard InChI is InChI=1S/C24H40N14O5/c25-15(3-1-5-32-23(26)27)19(39)37-17(7-13-9-30-11-34-13)21(41)36-16(4-2-6-33-24(28)29)20(40)38-18(22(42)43)8-14-10-31-12-35-14/h9-12,15-18H,1-8,25H2,(H,30,34)(H,31,35)(H,36,41)(H,37,39)(H,38,40)(H,42,43)(H4,26,27,32)(H4,28,29,33). The van der Waals surface area contributed by atoms with Crippen LogP contribution in [0.4, 0.5) is 0 Å². The Labute approximate surface area is 246 Å². The van der Waals surface area contributed by atoms with E-state index in [-0.39, 0.29) is 57.1 Å². The monoisotopic (exact) mass is 604 g/mol. The molecule has 16 N–H and O–H groups in total. The first kappa shape index (κ1) is 34.0. The summed E-state index contributed by atoms with van der Waals surface area (Å²) in [6.45, 7) is 0.428. The van der Waals surface area contributed by atoms with Gasteiger partial charge in [-0.05, 0) is 25.7 Å². The highest BCUT2D eigenvalue weighted by atomic mass is 16.4. The molecule has 2 rings (SSSR count). The molecule has 0 spiro atoms. The van der Waals surface area contributed by atoms with Gasteiger partial charge < -0.3 is 59.7 Å². The number of carbonyl (C=O) groups is 4. The predicted molar refractivity (Wildman–Crippen MR) is 156 cm³/mol. The number of aliphatic imine (C=N–C) groups is 2. The van der Waals surface area contributed by atoms with E-state index >= 15 is 0 Å². The summed E-state index contributed by atoms with van der Waals surface area (Å²) in [5.41, 5.74) is 28.4. The molecule has 0 aliphatic carbocycles. The molecule has 3 amide bonds. The van der Waals surface area contributed by atoms with Crippen LogP contribution in [0.1, 0.15) is 37.1 Å². The van der Waals surface area contributed by atoms with Gasteiger partial charge in [-0.3, -0.25) is 24.4 Å². The number of hydrogen-bond acceptors (Lipinski definition) is 9. The molecule has 19 heteroatoms. The van der Waals surface area contributed by atoms with Gasteiger partial charge in [-0.2, -0.15) is 0 Å². The molecular formula is C24H40N14O5. The van der Waals surface area contributed by atoms with Gasteiger partial charge in [0.2, 0.25) is 17.7 Å². The van der Waals surface area contributed by atoms with Crippen LogP contribution in [0.3, 0.4) is 0 Å². The molecule has 2 heterocycles. The molecule has 2 aromatic heterocycles. The van der Waals surface area contributed by atoms with Crippen molar-refractivity contribution >= 4 is 35.6 Å². The van der Waals surface area contributed by atoms with E-state index in [2.05, 4.69) is 45.9 Å². The zero-order chi connectivity index (χ0) is 31.8. The number of aromatic nitrogens is 4. The van der Waals surface area contributed by atoms with Gasteiger partial charge in [0.1, 0.15) is 18.1 Å². The summed E-state index contributed by atoms with van der Waals surface area (Å²) < 4.78 is 0. The minimum atomic E-state index is -1.32. The van der Waals surface area contributed by atoms with E-state index in [0.29, 0.717) is 17.8 Å². The second-order valence-electron chi connectivity index (χ2n) is 9.59. The first-order valence-electron chi connectivity index (χ1n) is 13.4. The first-order valence-corrected chi connectivity index (χ1v) is 13.4. The van der Waals surface area contributed by atoms with E-state index in [9.17, 15) is 24.3 Å². The van der Waals surface area contributed by atoms with Crippen molar-refractivity contribution < 1.29 is 24.3 Å². The van der Waals surface area contributed by atoms with E-state index in [0.717, 1.165) is 0 Å². The summed E-state index contributed by atoms with van der Waals surface area (Å²) >= 11 is 0. The van der Waals surface area contributed by atoms with Crippen molar-refractivity contribution in [3.8, 4) is 0 Å². The molecule has 0 aliphatic rings. The Morgan fingerprint density at radius 2 is 1.21 bits per heavy atom. The summed E-state index contributed by atoms with van der Waals surface area (Å²) in [4.78, 5) is 72.6. The Bertz CT molecular complexity index is 1220.